The van der Waals surface area contributed by atoms with Crippen molar-refractivity contribution in [2.24, 2.45) is 0 Å². The molecule has 100 valence electrons. The normalized spacial score (nSPS) is 12.2. The third-order valence-corrected chi connectivity index (χ3v) is 3.30. The molecule has 4 heteroatoms. The van der Waals surface area contributed by atoms with Crippen molar-refractivity contribution in [2.45, 2.75) is 18.9 Å². The molecule has 1 atom stereocenters. The fourth-order valence-electron chi connectivity index (χ4n) is 2.02. The first-order valence-corrected chi connectivity index (χ1v) is 6.47. The molecule has 0 spiro atoms. The van der Waals surface area contributed by atoms with Gasteiger partial charge in [0.15, 0.2) is 0 Å². The second kappa shape index (κ2) is 6.55. The number of methoxy groups -OCH3 is 1. The predicted octanol–water partition coefficient (Wildman–Crippen LogP) is 2.89. The molecule has 2 aromatic rings. The smallest absolute Gasteiger partial charge is 0.122 e. The SMILES string of the molecule is COc1ccccc1CC(O)Cc1ccncc1Cl. The van der Waals surface area contributed by atoms with Crippen LogP contribution in [0.4, 0.5) is 0 Å². The molecule has 1 aromatic carbocycles. The number of hydrogen-bond donors (Lipinski definition) is 1. The first-order chi connectivity index (χ1) is 9.20. The lowest BCUT2D eigenvalue weighted by molar-refractivity contribution is 0.174. The number of pyridine rings is 1. The van der Waals surface area contributed by atoms with Crippen molar-refractivity contribution in [3.05, 3.63) is 58.9 Å². The van der Waals surface area contributed by atoms with Crippen molar-refractivity contribution >= 4 is 11.6 Å². The van der Waals surface area contributed by atoms with E-state index in [4.69, 9.17) is 16.3 Å². The van der Waals surface area contributed by atoms with Crippen LogP contribution < -0.4 is 4.74 Å². The summed E-state index contributed by atoms with van der Waals surface area (Å²) in [6.07, 6.45) is 3.79. The maximum atomic E-state index is 10.2. The molecule has 3 nitrogen and oxygen atoms in total. The number of ether oxygens (including phenoxy) is 1. The van der Waals surface area contributed by atoms with Gasteiger partial charge in [0.25, 0.3) is 0 Å². The monoisotopic (exact) mass is 277 g/mol. The Kier molecular flexibility index (Phi) is 4.77. The molecule has 1 aromatic heterocycles. The van der Waals surface area contributed by atoms with Crippen LogP contribution in [0.1, 0.15) is 11.1 Å². The number of aliphatic hydroxyl groups excluding tert-OH is 1. The second-order valence-electron chi connectivity index (χ2n) is 4.34. The Labute approximate surface area is 117 Å². The minimum absolute atomic E-state index is 0.499. The predicted molar refractivity (Wildman–Crippen MR) is 75.7 cm³/mol. The molecule has 0 aliphatic carbocycles. The van der Waals surface area contributed by atoms with Crippen molar-refractivity contribution in [1.82, 2.24) is 4.98 Å². The van der Waals surface area contributed by atoms with Gasteiger partial charge in [-0.3, -0.25) is 4.98 Å². The summed E-state index contributed by atoms with van der Waals surface area (Å²) in [6.45, 7) is 0. The molecule has 0 fully saturated rings. The van der Waals surface area contributed by atoms with Gasteiger partial charge >= 0.3 is 0 Å². The van der Waals surface area contributed by atoms with Gasteiger partial charge in [-0.25, -0.2) is 0 Å². The highest BCUT2D eigenvalue weighted by molar-refractivity contribution is 6.31. The van der Waals surface area contributed by atoms with Gasteiger partial charge in [0, 0.05) is 25.2 Å². The largest absolute Gasteiger partial charge is 0.496 e. The Morgan fingerprint density at radius 3 is 2.68 bits per heavy atom. The summed E-state index contributed by atoms with van der Waals surface area (Å²) in [5.74, 6) is 0.794. The van der Waals surface area contributed by atoms with E-state index in [1.807, 2.05) is 30.3 Å². The summed E-state index contributed by atoms with van der Waals surface area (Å²) >= 11 is 6.03. The maximum absolute atomic E-state index is 10.2. The fourth-order valence-corrected chi connectivity index (χ4v) is 2.22. The van der Waals surface area contributed by atoms with Crippen LogP contribution in [-0.2, 0) is 12.8 Å². The van der Waals surface area contributed by atoms with Crippen LogP contribution in [0.2, 0.25) is 5.02 Å². The zero-order chi connectivity index (χ0) is 13.7. The Hall–Kier alpha value is -1.58. The summed E-state index contributed by atoms with van der Waals surface area (Å²) in [4.78, 5) is 3.93. The van der Waals surface area contributed by atoms with Gasteiger partial charge in [-0.1, -0.05) is 29.8 Å². The van der Waals surface area contributed by atoms with Gasteiger partial charge in [0.2, 0.25) is 0 Å². The number of aliphatic hydroxyl groups is 1. The molecule has 0 aliphatic rings. The van der Waals surface area contributed by atoms with Crippen LogP contribution in [0.3, 0.4) is 0 Å². The number of benzene rings is 1. The second-order valence-corrected chi connectivity index (χ2v) is 4.75. The van der Waals surface area contributed by atoms with E-state index >= 15 is 0 Å². The zero-order valence-corrected chi connectivity index (χ0v) is 11.5. The maximum Gasteiger partial charge on any atom is 0.122 e. The van der Waals surface area contributed by atoms with Crippen LogP contribution in [-0.4, -0.2) is 23.3 Å². The number of rotatable bonds is 5. The quantitative estimate of drug-likeness (QED) is 0.914. The van der Waals surface area contributed by atoms with Crippen molar-refractivity contribution in [3.8, 4) is 5.75 Å². The van der Waals surface area contributed by atoms with Crippen LogP contribution in [0.15, 0.2) is 42.7 Å². The highest BCUT2D eigenvalue weighted by atomic mass is 35.5. The molecular weight excluding hydrogens is 262 g/mol. The Balaban J connectivity index is 2.05. The molecule has 0 radical (unpaired) electrons. The molecule has 0 bridgehead atoms. The third-order valence-electron chi connectivity index (χ3n) is 2.96. The summed E-state index contributed by atoms with van der Waals surface area (Å²) < 4.78 is 5.27. The molecule has 1 unspecified atom stereocenters. The Bertz CT molecular complexity index is 545. The van der Waals surface area contributed by atoms with Gasteiger partial charge in [0.05, 0.1) is 18.2 Å². The number of halogens is 1. The first kappa shape index (κ1) is 13.8. The van der Waals surface area contributed by atoms with Gasteiger partial charge in [0.1, 0.15) is 5.75 Å². The summed E-state index contributed by atoms with van der Waals surface area (Å²) in [7, 11) is 1.63. The molecule has 0 saturated carbocycles. The zero-order valence-electron chi connectivity index (χ0n) is 10.7. The van der Waals surface area contributed by atoms with Crippen LogP contribution in [0.5, 0.6) is 5.75 Å². The van der Waals surface area contributed by atoms with Crippen molar-refractivity contribution in [3.63, 3.8) is 0 Å². The summed E-state index contributed by atoms with van der Waals surface area (Å²) in [5, 5.41) is 10.8. The molecule has 19 heavy (non-hydrogen) atoms. The van der Waals surface area contributed by atoms with Gasteiger partial charge in [-0.15, -0.1) is 0 Å². The van der Waals surface area contributed by atoms with E-state index < -0.39 is 6.10 Å². The number of nitrogens with zero attached hydrogens (tertiary/aromatic N) is 1. The first-order valence-electron chi connectivity index (χ1n) is 6.09. The Morgan fingerprint density at radius 1 is 1.21 bits per heavy atom. The third kappa shape index (κ3) is 3.69. The van der Waals surface area contributed by atoms with Crippen LogP contribution in [0, 0.1) is 0 Å². The fraction of sp³-hybridized carbons (Fsp3) is 0.267. The number of para-hydroxylation sites is 1. The molecule has 1 heterocycles. The summed E-state index contributed by atoms with van der Waals surface area (Å²) in [5.41, 5.74) is 1.89. The van der Waals surface area contributed by atoms with Crippen molar-refractivity contribution < 1.29 is 9.84 Å². The van der Waals surface area contributed by atoms with E-state index in [0.29, 0.717) is 17.9 Å². The average molecular weight is 278 g/mol. The van der Waals surface area contributed by atoms with Crippen molar-refractivity contribution in [1.29, 1.82) is 0 Å². The molecule has 0 aliphatic heterocycles. The van der Waals surface area contributed by atoms with E-state index in [0.717, 1.165) is 16.9 Å². The molecule has 1 N–H and O–H groups in total. The van der Waals surface area contributed by atoms with E-state index in [-0.39, 0.29) is 0 Å². The number of hydrogen-bond acceptors (Lipinski definition) is 3. The van der Waals surface area contributed by atoms with E-state index in [1.54, 1.807) is 19.5 Å². The summed E-state index contributed by atoms with van der Waals surface area (Å²) in [6, 6.07) is 9.52. The van der Waals surface area contributed by atoms with Crippen LogP contribution in [0.25, 0.3) is 0 Å². The average Bonchev–Trinajstić information content (AvgIpc) is 2.42. The lowest BCUT2D eigenvalue weighted by atomic mass is 10.0. The minimum atomic E-state index is -0.504. The molecule has 0 saturated heterocycles. The Morgan fingerprint density at radius 2 is 1.95 bits per heavy atom. The molecular formula is C15H16ClNO2. The van der Waals surface area contributed by atoms with Crippen molar-refractivity contribution in [2.75, 3.05) is 7.11 Å². The van der Waals surface area contributed by atoms with Gasteiger partial charge < -0.3 is 9.84 Å². The van der Waals surface area contributed by atoms with E-state index in [9.17, 15) is 5.11 Å². The van der Waals surface area contributed by atoms with E-state index in [1.165, 1.54) is 0 Å². The van der Waals surface area contributed by atoms with Gasteiger partial charge in [-0.2, -0.15) is 0 Å². The standard InChI is InChI=1S/C15H16ClNO2/c1-19-15-5-3-2-4-12(15)9-13(18)8-11-6-7-17-10-14(11)16/h2-7,10,13,18H,8-9H2,1H3. The highest BCUT2D eigenvalue weighted by Crippen LogP contribution is 2.21. The lowest BCUT2D eigenvalue weighted by Gasteiger charge is -2.14. The topological polar surface area (TPSA) is 42.4 Å². The lowest BCUT2D eigenvalue weighted by Crippen LogP contribution is -2.14. The molecule has 2 rings (SSSR count). The minimum Gasteiger partial charge on any atom is -0.496 e. The number of aromatic nitrogens is 1. The van der Waals surface area contributed by atoms with Crippen LogP contribution >= 0.6 is 11.6 Å². The van der Waals surface area contributed by atoms with E-state index in [2.05, 4.69) is 4.98 Å². The highest BCUT2D eigenvalue weighted by Gasteiger charge is 2.12. The van der Waals surface area contributed by atoms with Gasteiger partial charge in [-0.05, 0) is 23.3 Å². The molecule has 0 amide bonds.